The molecule has 0 unspecified atom stereocenters. The number of benzene rings is 1. The lowest BCUT2D eigenvalue weighted by Gasteiger charge is -2.31. The summed E-state index contributed by atoms with van der Waals surface area (Å²) in [4.78, 5) is 14.4. The van der Waals surface area contributed by atoms with Gasteiger partial charge in [-0.05, 0) is 51.2 Å². The Balaban J connectivity index is 1.86. The zero-order chi connectivity index (χ0) is 16.0. The third-order valence-electron chi connectivity index (χ3n) is 4.12. The minimum Gasteiger partial charge on any atom is -0.492 e. The average Bonchev–Trinajstić information content (AvgIpc) is 2.49. The zero-order valence-electron chi connectivity index (χ0n) is 13.6. The number of rotatable bonds is 6. The maximum atomic E-state index is 12.3. The molecular formula is C17H27N3O2. The third kappa shape index (κ3) is 4.71. The number of ether oxygens (including phenoxy) is 1. The van der Waals surface area contributed by atoms with Gasteiger partial charge in [-0.2, -0.15) is 0 Å². The van der Waals surface area contributed by atoms with Crippen molar-refractivity contribution in [2.24, 2.45) is 5.73 Å². The van der Waals surface area contributed by atoms with Crippen LogP contribution in [0.15, 0.2) is 24.3 Å². The van der Waals surface area contributed by atoms with Crippen LogP contribution in [0.5, 0.6) is 5.75 Å². The molecule has 3 N–H and O–H groups in total. The van der Waals surface area contributed by atoms with Crippen molar-refractivity contribution in [2.45, 2.75) is 37.6 Å². The summed E-state index contributed by atoms with van der Waals surface area (Å²) in [5, 5.41) is 2.93. The highest BCUT2D eigenvalue weighted by Gasteiger charge is 2.35. The van der Waals surface area contributed by atoms with Crippen molar-refractivity contribution >= 4 is 11.6 Å². The lowest BCUT2D eigenvalue weighted by atomic mass is 9.82. The second-order valence-electron chi connectivity index (χ2n) is 6.35. The van der Waals surface area contributed by atoms with Crippen LogP contribution >= 0.6 is 0 Å². The van der Waals surface area contributed by atoms with E-state index < -0.39 is 5.54 Å². The molecule has 5 nitrogen and oxygen atoms in total. The Hall–Kier alpha value is -1.59. The van der Waals surface area contributed by atoms with E-state index in [1.807, 2.05) is 38.4 Å². The van der Waals surface area contributed by atoms with Gasteiger partial charge in [-0.25, -0.2) is 0 Å². The van der Waals surface area contributed by atoms with Crippen LogP contribution < -0.4 is 15.8 Å². The lowest BCUT2D eigenvalue weighted by Crippen LogP contribution is -2.52. The molecule has 0 radical (unpaired) electrons. The molecule has 0 saturated heterocycles. The van der Waals surface area contributed by atoms with Crippen molar-refractivity contribution in [3.63, 3.8) is 0 Å². The van der Waals surface area contributed by atoms with Crippen molar-refractivity contribution in [1.82, 2.24) is 4.90 Å². The van der Waals surface area contributed by atoms with Gasteiger partial charge < -0.3 is 20.7 Å². The predicted molar refractivity (Wildman–Crippen MR) is 89.1 cm³/mol. The Kier molecular flexibility index (Phi) is 5.80. The van der Waals surface area contributed by atoms with Crippen molar-refractivity contribution in [3.05, 3.63) is 24.3 Å². The first-order chi connectivity index (χ1) is 10.5. The van der Waals surface area contributed by atoms with Gasteiger partial charge in [0.2, 0.25) is 5.91 Å². The molecular weight excluding hydrogens is 278 g/mol. The summed E-state index contributed by atoms with van der Waals surface area (Å²) in [5.41, 5.74) is 6.29. The fourth-order valence-electron chi connectivity index (χ4n) is 2.65. The number of amides is 1. The van der Waals surface area contributed by atoms with E-state index in [9.17, 15) is 4.79 Å². The topological polar surface area (TPSA) is 67.6 Å². The Bertz CT molecular complexity index is 479. The van der Waals surface area contributed by atoms with E-state index in [0.29, 0.717) is 6.61 Å². The molecule has 1 aromatic carbocycles. The molecule has 1 fully saturated rings. The van der Waals surface area contributed by atoms with E-state index >= 15 is 0 Å². The molecule has 122 valence electrons. The molecule has 0 atom stereocenters. The molecule has 2 rings (SSSR count). The van der Waals surface area contributed by atoms with E-state index in [1.165, 1.54) is 6.42 Å². The standard InChI is InChI=1S/C17H27N3O2/c1-20(2)12-13-22-15-8-6-14(7-9-15)19-16(21)17(18)10-4-3-5-11-17/h6-9H,3-5,10-13,18H2,1-2H3,(H,19,21). The summed E-state index contributed by atoms with van der Waals surface area (Å²) >= 11 is 0. The van der Waals surface area contributed by atoms with Gasteiger partial charge in [0, 0.05) is 12.2 Å². The maximum absolute atomic E-state index is 12.3. The Morgan fingerprint density at radius 2 is 1.86 bits per heavy atom. The van der Waals surface area contributed by atoms with Gasteiger partial charge in [0.25, 0.3) is 0 Å². The first-order valence-electron chi connectivity index (χ1n) is 7.97. The van der Waals surface area contributed by atoms with Crippen LogP contribution in [0.3, 0.4) is 0 Å². The van der Waals surface area contributed by atoms with Crippen LogP contribution in [0.25, 0.3) is 0 Å². The monoisotopic (exact) mass is 305 g/mol. The molecule has 1 aromatic rings. The molecule has 1 aliphatic rings. The van der Waals surface area contributed by atoms with Gasteiger partial charge >= 0.3 is 0 Å². The first kappa shape index (κ1) is 16.8. The Labute approximate surface area is 132 Å². The van der Waals surface area contributed by atoms with Gasteiger partial charge in [0.05, 0.1) is 5.54 Å². The molecule has 0 aliphatic heterocycles. The Morgan fingerprint density at radius 1 is 1.23 bits per heavy atom. The number of nitrogens with zero attached hydrogens (tertiary/aromatic N) is 1. The van der Waals surface area contributed by atoms with Crippen molar-refractivity contribution < 1.29 is 9.53 Å². The Morgan fingerprint density at radius 3 is 2.45 bits per heavy atom. The summed E-state index contributed by atoms with van der Waals surface area (Å²) in [6, 6.07) is 7.45. The highest BCUT2D eigenvalue weighted by atomic mass is 16.5. The minimum absolute atomic E-state index is 0.0755. The third-order valence-corrected chi connectivity index (χ3v) is 4.12. The number of likely N-dealkylation sites (N-methyl/N-ethyl adjacent to an activating group) is 1. The summed E-state index contributed by atoms with van der Waals surface area (Å²) in [6.45, 7) is 1.51. The molecule has 1 amide bonds. The quantitative estimate of drug-likeness (QED) is 0.846. The SMILES string of the molecule is CN(C)CCOc1ccc(NC(=O)C2(N)CCCCC2)cc1. The number of carbonyl (C=O) groups is 1. The predicted octanol–water partition coefficient (Wildman–Crippen LogP) is 2.23. The van der Waals surface area contributed by atoms with Crippen LogP contribution in [0.4, 0.5) is 5.69 Å². The summed E-state index contributed by atoms with van der Waals surface area (Å²) < 4.78 is 5.63. The highest BCUT2D eigenvalue weighted by Crippen LogP contribution is 2.27. The molecule has 0 spiro atoms. The smallest absolute Gasteiger partial charge is 0.244 e. The molecule has 5 heteroatoms. The van der Waals surface area contributed by atoms with E-state index in [2.05, 4.69) is 10.2 Å². The molecule has 0 bridgehead atoms. The van der Waals surface area contributed by atoms with Crippen LogP contribution in [-0.2, 0) is 4.79 Å². The van der Waals surface area contributed by atoms with E-state index in [1.54, 1.807) is 0 Å². The van der Waals surface area contributed by atoms with E-state index in [4.69, 9.17) is 10.5 Å². The maximum Gasteiger partial charge on any atom is 0.244 e. The van der Waals surface area contributed by atoms with Crippen LogP contribution in [0, 0.1) is 0 Å². The van der Waals surface area contributed by atoms with Crippen LogP contribution in [0.1, 0.15) is 32.1 Å². The van der Waals surface area contributed by atoms with Crippen molar-refractivity contribution in [1.29, 1.82) is 0 Å². The normalized spacial score (nSPS) is 17.3. The summed E-state index contributed by atoms with van der Waals surface area (Å²) in [7, 11) is 4.02. The average molecular weight is 305 g/mol. The summed E-state index contributed by atoms with van der Waals surface area (Å²) in [6.07, 6.45) is 4.77. The second-order valence-corrected chi connectivity index (χ2v) is 6.35. The molecule has 22 heavy (non-hydrogen) atoms. The van der Waals surface area contributed by atoms with Crippen molar-refractivity contribution in [3.8, 4) is 5.75 Å². The highest BCUT2D eigenvalue weighted by molar-refractivity contribution is 5.98. The van der Waals surface area contributed by atoms with E-state index in [0.717, 1.165) is 43.7 Å². The molecule has 0 aromatic heterocycles. The van der Waals surface area contributed by atoms with E-state index in [-0.39, 0.29) is 5.91 Å². The number of nitrogens with one attached hydrogen (secondary N) is 1. The van der Waals surface area contributed by atoms with Crippen LogP contribution in [-0.4, -0.2) is 43.6 Å². The molecule has 1 saturated carbocycles. The first-order valence-corrected chi connectivity index (χ1v) is 7.97. The number of nitrogens with two attached hydrogens (primary N) is 1. The number of anilines is 1. The van der Waals surface area contributed by atoms with Gasteiger partial charge in [-0.3, -0.25) is 4.79 Å². The van der Waals surface area contributed by atoms with Crippen LogP contribution in [0.2, 0.25) is 0 Å². The minimum atomic E-state index is -0.709. The molecule has 0 heterocycles. The fraction of sp³-hybridized carbons (Fsp3) is 0.588. The van der Waals surface area contributed by atoms with Gasteiger partial charge in [-0.15, -0.1) is 0 Å². The van der Waals surface area contributed by atoms with Gasteiger partial charge in [0.1, 0.15) is 12.4 Å². The van der Waals surface area contributed by atoms with Crippen molar-refractivity contribution in [2.75, 3.05) is 32.6 Å². The number of hydrogen-bond donors (Lipinski definition) is 2. The number of hydrogen-bond acceptors (Lipinski definition) is 4. The van der Waals surface area contributed by atoms with Gasteiger partial charge in [0.15, 0.2) is 0 Å². The zero-order valence-corrected chi connectivity index (χ0v) is 13.6. The lowest BCUT2D eigenvalue weighted by molar-refractivity contribution is -0.122. The number of carbonyl (C=O) groups excluding carboxylic acids is 1. The summed E-state index contributed by atoms with van der Waals surface area (Å²) in [5.74, 6) is 0.730. The second kappa shape index (κ2) is 7.61. The molecule has 1 aliphatic carbocycles. The largest absolute Gasteiger partial charge is 0.492 e. The fourth-order valence-corrected chi connectivity index (χ4v) is 2.65. The van der Waals surface area contributed by atoms with Gasteiger partial charge in [-0.1, -0.05) is 19.3 Å².